The van der Waals surface area contributed by atoms with E-state index in [0.29, 0.717) is 5.02 Å². The average Bonchev–Trinajstić information content (AvgIpc) is 3.02. The fraction of sp³-hybridized carbons (Fsp3) is 0.143. The Labute approximate surface area is 130 Å². The standard InChI is InChI=1S/C14H12ClNO4S/c1-19-14(18)16-13(12(17)11-3-2-8-20-11)21-10-6-4-9(15)5-7-10/h2-8,13H,1H3,(H,16,18). The van der Waals surface area contributed by atoms with Gasteiger partial charge in [0.1, 0.15) is 5.37 Å². The van der Waals surface area contributed by atoms with Crippen LogP contribution in [0.1, 0.15) is 10.6 Å². The Hall–Kier alpha value is -1.92. The number of amides is 1. The number of benzene rings is 1. The van der Waals surface area contributed by atoms with E-state index in [0.717, 1.165) is 4.90 Å². The van der Waals surface area contributed by atoms with E-state index in [4.69, 9.17) is 16.0 Å². The van der Waals surface area contributed by atoms with Gasteiger partial charge in [-0.15, -0.1) is 0 Å². The van der Waals surface area contributed by atoms with Gasteiger partial charge in [-0.3, -0.25) is 4.79 Å². The molecule has 0 aliphatic carbocycles. The van der Waals surface area contributed by atoms with Crippen LogP contribution in [0.5, 0.6) is 0 Å². The van der Waals surface area contributed by atoms with Crippen LogP contribution in [0.3, 0.4) is 0 Å². The third kappa shape index (κ3) is 4.27. The normalized spacial score (nSPS) is 11.7. The Morgan fingerprint density at radius 1 is 1.29 bits per heavy atom. The number of carbonyl (C=O) groups excluding carboxylic acids is 2. The second kappa shape index (κ2) is 7.19. The molecule has 0 spiro atoms. The lowest BCUT2D eigenvalue weighted by Crippen LogP contribution is -2.38. The number of Topliss-reactive ketones (excluding diaryl/α,β-unsaturated/α-hetero) is 1. The molecule has 1 heterocycles. The van der Waals surface area contributed by atoms with Gasteiger partial charge < -0.3 is 14.5 Å². The number of furan rings is 1. The molecule has 0 aliphatic rings. The number of carbonyl (C=O) groups is 2. The van der Waals surface area contributed by atoms with Crippen LogP contribution in [0.25, 0.3) is 0 Å². The van der Waals surface area contributed by atoms with E-state index < -0.39 is 11.5 Å². The van der Waals surface area contributed by atoms with Crippen LogP contribution >= 0.6 is 23.4 Å². The summed E-state index contributed by atoms with van der Waals surface area (Å²) in [5.74, 6) is -0.191. The van der Waals surface area contributed by atoms with Crippen molar-refractivity contribution in [3.63, 3.8) is 0 Å². The lowest BCUT2D eigenvalue weighted by molar-refractivity contribution is 0.0943. The number of hydrogen-bond donors (Lipinski definition) is 1. The highest BCUT2D eigenvalue weighted by atomic mass is 35.5. The second-order valence-electron chi connectivity index (χ2n) is 3.93. The van der Waals surface area contributed by atoms with Crippen LogP contribution in [0.2, 0.25) is 5.02 Å². The van der Waals surface area contributed by atoms with Crippen LogP contribution in [0.4, 0.5) is 4.79 Å². The molecule has 1 aromatic carbocycles. The largest absolute Gasteiger partial charge is 0.461 e. The summed E-state index contributed by atoms with van der Waals surface area (Å²) in [5, 5.41) is 2.21. The van der Waals surface area contributed by atoms with Crippen LogP contribution < -0.4 is 5.32 Å². The molecule has 7 heteroatoms. The first kappa shape index (κ1) is 15.5. The van der Waals surface area contributed by atoms with E-state index in [2.05, 4.69) is 10.1 Å². The first-order chi connectivity index (χ1) is 10.1. The summed E-state index contributed by atoms with van der Waals surface area (Å²) >= 11 is 6.99. The third-order valence-electron chi connectivity index (χ3n) is 2.50. The minimum Gasteiger partial charge on any atom is -0.461 e. The van der Waals surface area contributed by atoms with Crippen LogP contribution in [0.15, 0.2) is 52.0 Å². The molecule has 0 bridgehead atoms. The zero-order valence-corrected chi connectivity index (χ0v) is 12.6. The molecule has 110 valence electrons. The van der Waals surface area contributed by atoms with Crippen LogP contribution in [-0.4, -0.2) is 24.4 Å². The van der Waals surface area contributed by atoms with Gasteiger partial charge in [-0.2, -0.15) is 0 Å². The van der Waals surface area contributed by atoms with Gasteiger partial charge in [-0.05, 0) is 36.4 Å². The van der Waals surface area contributed by atoms with Crippen molar-refractivity contribution in [2.45, 2.75) is 10.3 Å². The number of hydrogen-bond acceptors (Lipinski definition) is 5. The minimum absolute atomic E-state index is 0.165. The molecule has 5 nitrogen and oxygen atoms in total. The Balaban J connectivity index is 2.17. The maximum Gasteiger partial charge on any atom is 0.408 e. The molecule has 1 unspecified atom stereocenters. The highest BCUT2D eigenvalue weighted by molar-refractivity contribution is 8.00. The SMILES string of the molecule is COC(=O)NC(Sc1ccc(Cl)cc1)C(=O)c1ccco1. The van der Waals surface area contributed by atoms with Gasteiger partial charge in [0, 0.05) is 9.92 Å². The summed E-state index contributed by atoms with van der Waals surface area (Å²) in [6.07, 6.45) is 0.705. The fourth-order valence-electron chi connectivity index (χ4n) is 1.51. The number of nitrogens with one attached hydrogen (secondary N) is 1. The summed E-state index contributed by atoms with van der Waals surface area (Å²) in [6.45, 7) is 0. The molecule has 1 aromatic heterocycles. The summed E-state index contributed by atoms with van der Waals surface area (Å²) in [6, 6.07) is 10.1. The third-order valence-corrected chi connectivity index (χ3v) is 3.87. The lowest BCUT2D eigenvalue weighted by atomic mass is 10.3. The molecular weight excluding hydrogens is 314 g/mol. The predicted octanol–water partition coefficient (Wildman–Crippen LogP) is 3.59. The molecule has 0 saturated heterocycles. The Bertz CT molecular complexity index is 612. The predicted molar refractivity (Wildman–Crippen MR) is 79.7 cm³/mol. The highest BCUT2D eigenvalue weighted by Gasteiger charge is 2.25. The molecule has 0 fully saturated rings. The fourth-order valence-corrected chi connectivity index (χ4v) is 2.58. The molecule has 2 rings (SSSR count). The Morgan fingerprint density at radius 2 is 2.00 bits per heavy atom. The van der Waals surface area contributed by atoms with Crippen molar-refractivity contribution in [2.75, 3.05) is 7.11 Å². The van der Waals surface area contributed by atoms with E-state index in [-0.39, 0.29) is 11.5 Å². The van der Waals surface area contributed by atoms with Crippen molar-refractivity contribution in [1.82, 2.24) is 5.32 Å². The number of methoxy groups -OCH3 is 1. The molecule has 0 radical (unpaired) electrons. The summed E-state index contributed by atoms with van der Waals surface area (Å²) in [4.78, 5) is 24.5. The summed E-state index contributed by atoms with van der Waals surface area (Å²) in [7, 11) is 1.23. The number of alkyl carbamates (subject to hydrolysis) is 1. The molecule has 1 atom stereocenters. The Kier molecular flexibility index (Phi) is 5.30. The van der Waals surface area contributed by atoms with Crippen molar-refractivity contribution >= 4 is 35.2 Å². The molecule has 1 N–H and O–H groups in total. The molecular formula is C14H12ClNO4S. The monoisotopic (exact) mass is 325 g/mol. The average molecular weight is 326 g/mol. The van der Waals surface area contributed by atoms with E-state index in [1.165, 1.54) is 31.2 Å². The molecule has 0 aliphatic heterocycles. The van der Waals surface area contributed by atoms with Gasteiger partial charge in [0.15, 0.2) is 5.76 Å². The Morgan fingerprint density at radius 3 is 2.57 bits per heavy atom. The molecule has 21 heavy (non-hydrogen) atoms. The van der Waals surface area contributed by atoms with E-state index in [9.17, 15) is 9.59 Å². The van der Waals surface area contributed by atoms with Crippen LogP contribution in [-0.2, 0) is 4.74 Å². The molecule has 1 amide bonds. The van der Waals surface area contributed by atoms with Crippen LogP contribution in [0, 0.1) is 0 Å². The van der Waals surface area contributed by atoms with Gasteiger partial charge in [0.25, 0.3) is 0 Å². The first-order valence-electron chi connectivity index (χ1n) is 5.94. The second-order valence-corrected chi connectivity index (χ2v) is 5.54. The van der Waals surface area contributed by atoms with Gasteiger partial charge in [-0.25, -0.2) is 4.79 Å². The smallest absolute Gasteiger partial charge is 0.408 e. The van der Waals surface area contributed by atoms with E-state index in [1.807, 2.05) is 0 Å². The highest BCUT2D eigenvalue weighted by Crippen LogP contribution is 2.26. The van der Waals surface area contributed by atoms with E-state index >= 15 is 0 Å². The van der Waals surface area contributed by atoms with Crippen molar-refractivity contribution in [1.29, 1.82) is 0 Å². The van der Waals surface area contributed by atoms with Gasteiger partial charge in [-0.1, -0.05) is 23.4 Å². The van der Waals surface area contributed by atoms with Crippen molar-refractivity contribution < 1.29 is 18.7 Å². The zero-order chi connectivity index (χ0) is 15.2. The maximum absolute atomic E-state index is 12.3. The summed E-state index contributed by atoms with van der Waals surface area (Å²) in [5.41, 5.74) is 0. The zero-order valence-electron chi connectivity index (χ0n) is 11.0. The van der Waals surface area contributed by atoms with Crippen molar-refractivity contribution in [3.05, 3.63) is 53.4 Å². The lowest BCUT2D eigenvalue weighted by Gasteiger charge is -2.15. The van der Waals surface area contributed by atoms with Gasteiger partial charge in [0.05, 0.1) is 13.4 Å². The van der Waals surface area contributed by atoms with Gasteiger partial charge >= 0.3 is 6.09 Å². The summed E-state index contributed by atoms with van der Waals surface area (Å²) < 4.78 is 9.61. The maximum atomic E-state index is 12.3. The number of rotatable bonds is 5. The molecule has 2 aromatic rings. The van der Waals surface area contributed by atoms with E-state index in [1.54, 1.807) is 30.3 Å². The van der Waals surface area contributed by atoms with Gasteiger partial charge in [0.2, 0.25) is 5.78 Å². The number of ether oxygens (including phenoxy) is 1. The quantitative estimate of drug-likeness (QED) is 0.517. The van der Waals surface area contributed by atoms with Crippen molar-refractivity contribution in [2.24, 2.45) is 0 Å². The number of halogens is 1. The topological polar surface area (TPSA) is 68.5 Å². The van der Waals surface area contributed by atoms with Crippen molar-refractivity contribution in [3.8, 4) is 0 Å². The minimum atomic E-state index is -0.857. The number of ketones is 1. The molecule has 0 saturated carbocycles. The first-order valence-corrected chi connectivity index (χ1v) is 7.20. The number of thioether (sulfide) groups is 1.